The summed E-state index contributed by atoms with van der Waals surface area (Å²) in [6, 6.07) is 0. The third-order valence-electron chi connectivity index (χ3n) is 2.53. The maximum Gasteiger partial charge on any atom is 0.190 e. The van der Waals surface area contributed by atoms with Gasteiger partial charge in [-0.05, 0) is 6.42 Å². The Bertz CT molecular complexity index is 198. The molecule has 1 saturated heterocycles. The summed E-state index contributed by atoms with van der Waals surface area (Å²) in [6.07, 6.45) is 0.376. The van der Waals surface area contributed by atoms with Gasteiger partial charge in [0.2, 0.25) is 0 Å². The predicted octanol–water partition coefficient (Wildman–Crippen LogP) is 1.14. The van der Waals surface area contributed by atoms with E-state index in [1.165, 1.54) is 0 Å². The Morgan fingerprint density at radius 3 is 2.77 bits per heavy atom. The predicted molar refractivity (Wildman–Crippen MR) is 49.4 cm³/mol. The van der Waals surface area contributed by atoms with E-state index in [2.05, 4.69) is 0 Å². The monoisotopic (exact) mass is 186 g/mol. The number of Topliss-reactive ketones (excluding diaryl/α,β-unsaturated/α-hetero) is 1. The Hall–Kier alpha value is -0.410. The third kappa shape index (κ3) is 2.09. The number of carbonyl (C=O) groups excluding carboxylic acids is 1. The third-order valence-corrected chi connectivity index (χ3v) is 2.53. The molecule has 1 heterocycles. The summed E-state index contributed by atoms with van der Waals surface area (Å²) >= 11 is 0. The van der Waals surface area contributed by atoms with Gasteiger partial charge in [-0.2, -0.15) is 0 Å². The van der Waals surface area contributed by atoms with Gasteiger partial charge in [0.05, 0.1) is 6.61 Å². The number of carbonyl (C=O) groups is 1. The second kappa shape index (κ2) is 3.76. The van der Waals surface area contributed by atoms with Crippen LogP contribution in [0.15, 0.2) is 0 Å². The molecule has 0 aromatic rings. The van der Waals surface area contributed by atoms with Gasteiger partial charge in [-0.3, -0.25) is 4.79 Å². The quantitative estimate of drug-likeness (QED) is 0.703. The number of rotatable bonds is 2. The lowest BCUT2D eigenvalue weighted by Gasteiger charge is -2.37. The Kier molecular flexibility index (Phi) is 3.09. The Morgan fingerprint density at radius 2 is 2.23 bits per heavy atom. The minimum atomic E-state index is -0.863. The molecule has 3 nitrogen and oxygen atoms in total. The van der Waals surface area contributed by atoms with Crippen molar-refractivity contribution in [3.63, 3.8) is 0 Å². The molecule has 0 spiro atoms. The van der Waals surface area contributed by atoms with Crippen LogP contribution >= 0.6 is 0 Å². The average molecular weight is 186 g/mol. The van der Waals surface area contributed by atoms with Crippen LogP contribution < -0.4 is 0 Å². The SMILES string of the molecule is CCC[C@@H]1OCC(C)(C)[C@H](O)C1=O. The lowest BCUT2D eigenvalue weighted by Crippen LogP contribution is -2.51. The number of aliphatic hydroxyl groups is 1. The molecular formula is C10H18O3. The molecule has 1 fully saturated rings. The molecular weight excluding hydrogens is 168 g/mol. The summed E-state index contributed by atoms with van der Waals surface area (Å²) in [5.74, 6) is -0.155. The van der Waals surface area contributed by atoms with Crippen molar-refractivity contribution in [2.75, 3.05) is 6.61 Å². The van der Waals surface area contributed by atoms with Gasteiger partial charge in [-0.25, -0.2) is 0 Å². The van der Waals surface area contributed by atoms with Crippen LogP contribution in [0.5, 0.6) is 0 Å². The minimum absolute atomic E-state index is 0.155. The molecule has 3 heteroatoms. The smallest absolute Gasteiger partial charge is 0.190 e. The van der Waals surface area contributed by atoms with Gasteiger partial charge in [0.1, 0.15) is 12.2 Å². The molecule has 0 aliphatic carbocycles. The molecule has 0 radical (unpaired) electrons. The lowest BCUT2D eigenvalue weighted by atomic mass is 9.81. The van der Waals surface area contributed by atoms with E-state index >= 15 is 0 Å². The van der Waals surface area contributed by atoms with E-state index < -0.39 is 11.5 Å². The lowest BCUT2D eigenvalue weighted by molar-refractivity contribution is -0.165. The molecule has 1 aliphatic rings. The number of ketones is 1. The highest BCUT2D eigenvalue weighted by atomic mass is 16.5. The second-order valence-corrected chi connectivity index (χ2v) is 4.38. The van der Waals surface area contributed by atoms with Gasteiger partial charge in [-0.1, -0.05) is 27.2 Å². The second-order valence-electron chi connectivity index (χ2n) is 4.38. The fourth-order valence-corrected chi connectivity index (χ4v) is 1.53. The van der Waals surface area contributed by atoms with Crippen molar-refractivity contribution in [3.05, 3.63) is 0 Å². The first-order valence-electron chi connectivity index (χ1n) is 4.82. The summed E-state index contributed by atoms with van der Waals surface area (Å²) in [5, 5.41) is 9.67. The average Bonchev–Trinajstić information content (AvgIpc) is 2.07. The molecule has 0 bridgehead atoms. The molecule has 1 aliphatic heterocycles. The van der Waals surface area contributed by atoms with Crippen molar-refractivity contribution < 1.29 is 14.6 Å². The molecule has 2 atom stereocenters. The summed E-state index contributed by atoms with van der Waals surface area (Å²) in [4.78, 5) is 11.6. The summed E-state index contributed by atoms with van der Waals surface area (Å²) in [6.45, 7) is 6.16. The van der Waals surface area contributed by atoms with E-state index in [9.17, 15) is 9.90 Å². The van der Waals surface area contributed by atoms with Gasteiger partial charge < -0.3 is 9.84 Å². The number of aliphatic hydroxyl groups excluding tert-OH is 1. The van der Waals surface area contributed by atoms with Crippen molar-refractivity contribution in [3.8, 4) is 0 Å². The van der Waals surface area contributed by atoms with E-state index in [0.29, 0.717) is 13.0 Å². The van der Waals surface area contributed by atoms with Crippen molar-refractivity contribution in [2.24, 2.45) is 5.41 Å². The molecule has 76 valence electrons. The fraction of sp³-hybridized carbons (Fsp3) is 0.900. The van der Waals surface area contributed by atoms with Gasteiger partial charge in [0.15, 0.2) is 5.78 Å². The van der Waals surface area contributed by atoms with Crippen LogP contribution in [-0.4, -0.2) is 29.7 Å². The highest BCUT2D eigenvalue weighted by Crippen LogP contribution is 2.29. The zero-order valence-electron chi connectivity index (χ0n) is 8.54. The fourth-order valence-electron chi connectivity index (χ4n) is 1.53. The summed E-state index contributed by atoms with van der Waals surface area (Å²) in [7, 11) is 0. The van der Waals surface area contributed by atoms with Crippen molar-refractivity contribution in [2.45, 2.75) is 45.8 Å². The number of hydrogen-bond donors (Lipinski definition) is 1. The minimum Gasteiger partial charge on any atom is -0.385 e. The highest BCUT2D eigenvalue weighted by molar-refractivity contribution is 5.88. The van der Waals surface area contributed by atoms with Crippen LogP contribution in [0.3, 0.4) is 0 Å². The van der Waals surface area contributed by atoms with Crippen molar-refractivity contribution >= 4 is 5.78 Å². The van der Waals surface area contributed by atoms with Gasteiger partial charge in [0.25, 0.3) is 0 Å². The first kappa shape index (κ1) is 10.7. The molecule has 0 amide bonds. The normalized spacial score (nSPS) is 33.4. The molecule has 0 aromatic carbocycles. The van der Waals surface area contributed by atoms with Crippen molar-refractivity contribution in [1.29, 1.82) is 0 Å². The molecule has 0 aromatic heterocycles. The van der Waals surface area contributed by atoms with E-state index in [0.717, 1.165) is 6.42 Å². The van der Waals surface area contributed by atoms with Gasteiger partial charge in [0, 0.05) is 5.41 Å². The van der Waals surface area contributed by atoms with Gasteiger partial charge in [-0.15, -0.1) is 0 Å². The Labute approximate surface area is 79.1 Å². The first-order valence-corrected chi connectivity index (χ1v) is 4.82. The van der Waals surface area contributed by atoms with Crippen LogP contribution in [0, 0.1) is 5.41 Å². The zero-order chi connectivity index (χ0) is 10.1. The maximum absolute atomic E-state index is 11.6. The van der Waals surface area contributed by atoms with E-state index in [4.69, 9.17) is 4.74 Å². The van der Waals surface area contributed by atoms with Crippen LogP contribution in [0.25, 0.3) is 0 Å². The van der Waals surface area contributed by atoms with Crippen molar-refractivity contribution in [1.82, 2.24) is 0 Å². The summed E-state index contributed by atoms with van der Waals surface area (Å²) < 4.78 is 5.41. The number of ether oxygens (including phenoxy) is 1. The Balaban J connectivity index is 2.65. The summed E-state index contributed by atoms with van der Waals surface area (Å²) in [5.41, 5.74) is -0.429. The van der Waals surface area contributed by atoms with Crippen LogP contribution in [0.1, 0.15) is 33.6 Å². The van der Waals surface area contributed by atoms with E-state index in [1.807, 2.05) is 20.8 Å². The molecule has 1 rings (SSSR count). The van der Waals surface area contributed by atoms with Crippen LogP contribution in [0.4, 0.5) is 0 Å². The van der Waals surface area contributed by atoms with E-state index in [-0.39, 0.29) is 11.9 Å². The molecule has 0 unspecified atom stereocenters. The van der Waals surface area contributed by atoms with Crippen LogP contribution in [-0.2, 0) is 9.53 Å². The zero-order valence-corrected chi connectivity index (χ0v) is 8.54. The Morgan fingerprint density at radius 1 is 1.62 bits per heavy atom. The van der Waals surface area contributed by atoms with E-state index in [1.54, 1.807) is 0 Å². The molecule has 1 N–H and O–H groups in total. The largest absolute Gasteiger partial charge is 0.385 e. The molecule has 13 heavy (non-hydrogen) atoms. The highest BCUT2D eigenvalue weighted by Gasteiger charge is 2.42. The molecule has 0 saturated carbocycles. The topological polar surface area (TPSA) is 46.5 Å². The maximum atomic E-state index is 11.6. The van der Waals surface area contributed by atoms with Crippen LogP contribution in [0.2, 0.25) is 0 Å². The first-order chi connectivity index (χ1) is 5.99. The van der Waals surface area contributed by atoms with Gasteiger partial charge >= 0.3 is 0 Å². The number of hydrogen-bond acceptors (Lipinski definition) is 3. The standard InChI is InChI=1S/C10H18O3/c1-4-5-7-8(11)9(12)10(2,3)6-13-7/h7,9,12H,4-6H2,1-3H3/t7-,9+/m0/s1.